The molecule has 0 saturated carbocycles. The average molecular weight is 427 g/mol. The first-order valence-corrected chi connectivity index (χ1v) is 10.7. The predicted octanol–water partition coefficient (Wildman–Crippen LogP) is 4.67. The van der Waals surface area contributed by atoms with Gasteiger partial charge in [-0.1, -0.05) is 67.6 Å². The van der Waals surface area contributed by atoms with Crippen molar-refractivity contribution in [3.8, 4) is 5.75 Å². The van der Waals surface area contributed by atoms with Gasteiger partial charge in [-0.25, -0.2) is 4.90 Å². The van der Waals surface area contributed by atoms with Gasteiger partial charge in [0.15, 0.2) is 0 Å². The fourth-order valence-electron chi connectivity index (χ4n) is 4.02. The number of aryl methyl sites for hydroxylation is 1. The Balaban J connectivity index is 1.82. The van der Waals surface area contributed by atoms with Crippen molar-refractivity contribution >= 4 is 23.1 Å². The summed E-state index contributed by atoms with van der Waals surface area (Å²) in [7, 11) is 3.40. The van der Waals surface area contributed by atoms with Gasteiger partial charge in [0.1, 0.15) is 11.4 Å². The highest BCUT2D eigenvalue weighted by Crippen LogP contribution is 2.38. The summed E-state index contributed by atoms with van der Waals surface area (Å²) in [5.74, 6) is -0.130. The van der Waals surface area contributed by atoms with Crippen molar-refractivity contribution in [3.63, 3.8) is 0 Å². The Morgan fingerprint density at radius 2 is 1.47 bits per heavy atom. The molecule has 0 aromatic heterocycles. The van der Waals surface area contributed by atoms with Gasteiger partial charge in [0.2, 0.25) is 0 Å². The van der Waals surface area contributed by atoms with Gasteiger partial charge in [0, 0.05) is 19.2 Å². The minimum absolute atomic E-state index is 0.335. The quantitative estimate of drug-likeness (QED) is 0.515. The number of carbonyl (C=O) groups excluding carboxylic acids is 2. The number of ether oxygens (including phenoxy) is 1. The smallest absolute Gasteiger partial charge is 0.282 e. The van der Waals surface area contributed by atoms with Gasteiger partial charge in [-0.05, 0) is 35.7 Å². The molecule has 0 N–H and O–H groups in total. The van der Waals surface area contributed by atoms with Crippen LogP contribution in [0.3, 0.4) is 0 Å². The van der Waals surface area contributed by atoms with Crippen LogP contribution in [0.15, 0.2) is 84.6 Å². The first-order valence-electron chi connectivity index (χ1n) is 10.7. The lowest BCUT2D eigenvalue weighted by Crippen LogP contribution is -2.34. The van der Waals surface area contributed by atoms with Crippen LogP contribution in [-0.2, 0) is 22.6 Å². The number of para-hydroxylation sites is 1. The van der Waals surface area contributed by atoms with Crippen LogP contribution >= 0.6 is 0 Å². The standard InChI is InChI=1S/C27H26N2O3/c1-4-19-14-16-21(17-15-19)29-26(30)24(22-12-8-9-13-23(22)32-3)25(27(29)31)28(2)18-20-10-6-5-7-11-20/h5-17H,4,18H2,1-3H3. The summed E-state index contributed by atoms with van der Waals surface area (Å²) in [6.07, 6.45) is 0.887. The minimum atomic E-state index is -0.348. The number of imide groups is 1. The van der Waals surface area contributed by atoms with Crippen LogP contribution in [0.25, 0.3) is 5.57 Å². The van der Waals surface area contributed by atoms with Gasteiger partial charge in [-0.15, -0.1) is 0 Å². The van der Waals surface area contributed by atoms with Crippen LogP contribution in [0.1, 0.15) is 23.6 Å². The zero-order chi connectivity index (χ0) is 22.7. The van der Waals surface area contributed by atoms with E-state index in [1.165, 1.54) is 4.90 Å². The SMILES string of the molecule is CCc1ccc(N2C(=O)C(c3ccccc3OC)=C(N(C)Cc3ccccc3)C2=O)cc1. The molecule has 0 bridgehead atoms. The fourth-order valence-corrected chi connectivity index (χ4v) is 4.02. The van der Waals surface area contributed by atoms with Gasteiger partial charge < -0.3 is 9.64 Å². The monoisotopic (exact) mass is 426 g/mol. The minimum Gasteiger partial charge on any atom is -0.496 e. The van der Waals surface area contributed by atoms with E-state index in [2.05, 4.69) is 6.92 Å². The molecule has 3 aromatic carbocycles. The van der Waals surface area contributed by atoms with E-state index >= 15 is 0 Å². The second-order valence-electron chi connectivity index (χ2n) is 7.73. The van der Waals surface area contributed by atoms with Crippen LogP contribution in [0.5, 0.6) is 5.75 Å². The van der Waals surface area contributed by atoms with Crippen molar-refractivity contribution < 1.29 is 14.3 Å². The van der Waals surface area contributed by atoms with Crippen LogP contribution in [0.4, 0.5) is 5.69 Å². The van der Waals surface area contributed by atoms with Gasteiger partial charge in [-0.3, -0.25) is 9.59 Å². The molecule has 0 fully saturated rings. The summed E-state index contributed by atoms with van der Waals surface area (Å²) < 4.78 is 5.52. The molecule has 1 aliphatic heterocycles. The molecule has 3 aromatic rings. The summed E-state index contributed by atoms with van der Waals surface area (Å²) >= 11 is 0. The predicted molar refractivity (Wildman–Crippen MR) is 126 cm³/mol. The van der Waals surface area contributed by atoms with Gasteiger partial charge in [0.05, 0.1) is 18.4 Å². The molecule has 0 saturated heterocycles. The maximum atomic E-state index is 13.7. The number of benzene rings is 3. The lowest BCUT2D eigenvalue weighted by atomic mass is 10.0. The summed E-state index contributed by atoms with van der Waals surface area (Å²) in [5, 5.41) is 0. The molecule has 4 rings (SSSR count). The van der Waals surface area contributed by atoms with Crippen molar-refractivity contribution in [3.05, 3.63) is 101 Å². The van der Waals surface area contributed by atoms with Crippen LogP contribution in [-0.4, -0.2) is 30.9 Å². The molecule has 0 aliphatic carbocycles. The zero-order valence-corrected chi connectivity index (χ0v) is 18.5. The molecular formula is C27H26N2O3. The molecule has 5 nitrogen and oxygen atoms in total. The highest BCUT2D eigenvalue weighted by Gasteiger charge is 2.42. The number of nitrogens with zero attached hydrogens (tertiary/aromatic N) is 2. The Kier molecular flexibility index (Phi) is 6.08. The number of amides is 2. The number of hydrogen-bond acceptors (Lipinski definition) is 4. The average Bonchev–Trinajstić information content (AvgIpc) is 3.09. The fraction of sp³-hybridized carbons (Fsp3) is 0.185. The molecule has 32 heavy (non-hydrogen) atoms. The lowest BCUT2D eigenvalue weighted by molar-refractivity contribution is -0.120. The van der Waals surface area contributed by atoms with Gasteiger partial charge >= 0.3 is 0 Å². The molecule has 5 heteroatoms. The third-order valence-electron chi connectivity index (χ3n) is 5.68. The maximum Gasteiger partial charge on any atom is 0.282 e. The third kappa shape index (κ3) is 3.89. The first kappa shape index (κ1) is 21.4. The molecule has 2 amide bonds. The maximum absolute atomic E-state index is 13.7. The van der Waals surface area contributed by atoms with Crippen molar-refractivity contribution in [2.24, 2.45) is 0 Å². The number of methoxy groups -OCH3 is 1. The van der Waals surface area contributed by atoms with E-state index in [9.17, 15) is 9.59 Å². The Morgan fingerprint density at radius 3 is 2.12 bits per heavy atom. The van der Waals surface area contributed by atoms with E-state index in [0.717, 1.165) is 17.5 Å². The number of rotatable bonds is 7. The second-order valence-corrected chi connectivity index (χ2v) is 7.73. The van der Waals surface area contributed by atoms with Crippen molar-refractivity contribution in [1.29, 1.82) is 0 Å². The topological polar surface area (TPSA) is 49.9 Å². The Morgan fingerprint density at radius 1 is 0.812 bits per heavy atom. The summed E-state index contributed by atoms with van der Waals surface area (Å²) in [6, 6.07) is 24.7. The normalized spacial score (nSPS) is 13.7. The molecule has 1 aliphatic rings. The van der Waals surface area contributed by atoms with E-state index in [-0.39, 0.29) is 11.8 Å². The van der Waals surface area contributed by atoms with Crippen molar-refractivity contribution in [1.82, 2.24) is 4.90 Å². The largest absolute Gasteiger partial charge is 0.496 e. The molecule has 0 spiro atoms. The van der Waals surface area contributed by atoms with Gasteiger partial charge in [-0.2, -0.15) is 0 Å². The number of hydrogen-bond donors (Lipinski definition) is 0. The van der Waals surface area contributed by atoms with Crippen molar-refractivity contribution in [2.45, 2.75) is 19.9 Å². The highest BCUT2D eigenvalue weighted by molar-refractivity contribution is 6.45. The zero-order valence-electron chi connectivity index (χ0n) is 18.5. The summed E-state index contributed by atoms with van der Waals surface area (Å²) in [6.45, 7) is 2.57. The number of carbonyl (C=O) groups is 2. The van der Waals surface area contributed by atoms with Crippen LogP contribution < -0.4 is 9.64 Å². The third-order valence-corrected chi connectivity index (χ3v) is 5.68. The molecule has 0 atom stereocenters. The van der Waals surface area contributed by atoms with Crippen LogP contribution in [0.2, 0.25) is 0 Å². The van der Waals surface area contributed by atoms with E-state index < -0.39 is 0 Å². The Labute approximate surface area is 188 Å². The van der Waals surface area contributed by atoms with Gasteiger partial charge in [0.25, 0.3) is 11.8 Å². The van der Waals surface area contributed by atoms with E-state index in [1.54, 1.807) is 13.2 Å². The summed E-state index contributed by atoms with van der Waals surface area (Å²) in [5.41, 5.74) is 4.08. The lowest BCUT2D eigenvalue weighted by Gasteiger charge is -2.22. The highest BCUT2D eigenvalue weighted by atomic mass is 16.5. The van der Waals surface area contributed by atoms with Crippen LogP contribution in [0, 0.1) is 0 Å². The molecule has 162 valence electrons. The van der Waals surface area contributed by atoms with E-state index in [4.69, 9.17) is 4.74 Å². The van der Waals surface area contributed by atoms with E-state index in [0.29, 0.717) is 34.8 Å². The molecule has 0 radical (unpaired) electrons. The first-order chi connectivity index (χ1) is 15.5. The van der Waals surface area contributed by atoms with E-state index in [1.807, 2.05) is 84.7 Å². The number of anilines is 1. The summed E-state index contributed by atoms with van der Waals surface area (Å²) in [4.78, 5) is 30.4. The van der Waals surface area contributed by atoms with Crippen molar-refractivity contribution in [2.75, 3.05) is 19.1 Å². The molecular weight excluding hydrogens is 400 g/mol. The molecule has 1 heterocycles. The second kappa shape index (κ2) is 9.10. The number of likely N-dealkylation sites (N-methyl/N-ethyl adjacent to an activating group) is 1. The Hall–Kier alpha value is -3.86. The Bertz CT molecular complexity index is 1170. The molecule has 0 unspecified atom stereocenters.